The van der Waals surface area contributed by atoms with Crippen LogP contribution in [0.1, 0.15) is 22.3 Å². The number of benzene rings is 4. The second-order valence-corrected chi connectivity index (χ2v) is 18.7. The SMILES string of the molecule is Clc1cc2c3[n]4c(c2cc1Cl)N=C1N=C(N=c2c5cc(Cl)c(Cl)cc5c([n]2[Pb]4)=NC2=NC(=N3)c3c(Cl)ccc(Cl)c32)c2c(Cl)ccc(Cl)c21. The van der Waals surface area contributed by atoms with Crippen LogP contribution in [0.2, 0.25) is 40.2 Å². The van der Waals surface area contributed by atoms with E-state index in [9.17, 15) is 0 Å². The summed E-state index contributed by atoms with van der Waals surface area (Å²) in [5.41, 5.74) is 3.30. The van der Waals surface area contributed by atoms with Crippen LogP contribution in [0.25, 0.3) is 21.5 Å². The molecular weight excluding hydrogens is 987 g/mol. The third-order valence-corrected chi connectivity index (χ3v) is 16.1. The summed E-state index contributed by atoms with van der Waals surface area (Å²) in [6.45, 7) is 0. The average molecular weight is 995 g/mol. The fourth-order valence-corrected chi connectivity index (χ4v) is 12.9. The van der Waals surface area contributed by atoms with Crippen molar-refractivity contribution in [3.8, 4) is 0 Å². The van der Waals surface area contributed by atoms with Gasteiger partial charge in [-0.25, -0.2) is 0 Å². The molecule has 4 aliphatic rings. The van der Waals surface area contributed by atoms with Crippen LogP contribution < -0.4 is 11.0 Å². The topological polar surface area (TPSA) is 84.0 Å². The van der Waals surface area contributed by atoms with Crippen molar-refractivity contribution in [1.82, 2.24) is 4.75 Å². The van der Waals surface area contributed by atoms with Gasteiger partial charge in [-0.3, -0.25) is 0 Å². The summed E-state index contributed by atoms with van der Waals surface area (Å²) in [6.07, 6.45) is 0. The van der Waals surface area contributed by atoms with Crippen molar-refractivity contribution in [1.29, 1.82) is 0 Å². The summed E-state index contributed by atoms with van der Waals surface area (Å²) < 4.78 is 4.18. The van der Waals surface area contributed by atoms with E-state index >= 15 is 0 Å². The van der Waals surface area contributed by atoms with Crippen LogP contribution in [0, 0.1) is 0 Å². The molecular formula is C32H8Cl8N8Pb. The van der Waals surface area contributed by atoms with Gasteiger partial charge < -0.3 is 0 Å². The number of aromatic nitrogens is 2. The molecule has 6 heterocycles. The van der Waals surface area contributed by atoms with Crippen LogP contribution >= 0.6 is 92.8 Å². The Balaban J connectivity index is 1.50. The fourth-order valence-electron chi connectivity index (χ4n) is 6.37. The molecule has 6 aromatic rings. The zero-order valence-corrected chi connectivity index (χ0v) is 33.7. The number of fused-ring (bicyclic) bond motifs is 14. The summed E-state index contributed by atoms with van der Waals surface area (Å²) >= 11 is 51.5. The number of nitrogens with zero attached hydrogens (tertiary/aromatic N) is 8. The Morgan fingerprint density at radius 2 is 0.694 bits per heavy atom. The summed E-state index contributed by atoms with van der Waals surface area (Å²) in [5.74, 6) is 2.43. The second-order valence-electron chi connectivity index (χ2n) is 11.2. The van der Waals surface area contributed by atoms with Gasteiger partial charge in [0.05, 0.1) is 0 Å². The molecule has 4 aromatic carbocycles. The van der Waals surface area contributed by atoms with E-state index in [1.54, 1.807) is 48.5 Å². The molecule has 0 N–H and O–H groups in total. The van der Waals surface area contributed by atoms with Crippen LogP contribution in [0.4, 0.5) is 11.6 Å². The van der Waals surface area contributed by atoms with E-state index in [2.05, 4.69) is 4.75 Å². The first-order valence-electron chi connectivity index (χ1n) is 14.2. The van der Waals surface area contributed by atoms with Gasteiger partial charge in [-0.1, -0.05) is 0 Å². The molecule has 0 unspecified atom stereocenters. The number of hydrogen-bond donors (Lipinski definition) is 0. The van der Waals surface area contributed by atoms with Crippen LogP contribution in [0.5, 0.6) is 0 Å². The van der Waals surface area contributed by atoms with E-state index in [-0.39, 0.29) is 0 Å². The maximum atomic E-state index is 6.83. The molecule has 4 aliphatic heterocycles. The molecule has 17 heteroatoms. The van der Waals surface area contributed by atoms with Crippen LogP contribution in [-0.2, 0) is 0 Å². The molecule has 0 atom stereocenters. The molecule has 0 saturated heterocycles. The molecule has 0 fully saturated rings. The predicted molar refractivity (Wildman–Crippen MR) is 201 cm³/mol. The summed E-state index contributed by atoms with van der Waals surface area (Å²) in [7, 11) is 0. The Hall–Kier alpha value is -2.52. The maximum absolute atomic E-state index is 6.83. The quantitative estimate of drug-likeness (QED) is 0.136. The Bertz CT molecular complexity index is 2710. The molecule has 0 spiro atoms. The van der Waals surface area contributed by atoms with Gasteiger partial charge in [0, 0.05) is 0 Å². The first kappa shape index (κ1) is 31.2. The zero-order valence-electron chi connectivity index (χ0n) is 23.7. The van der Waals surface area contributed by atoms with Crippen molar-refractivity contribution in [3.63, 3.8) is 0 Å². The predicted octanol–water partition coefficient (Wildman–Crippen LogP) is 9.70. The van der Waals surface area contributed by atoms with Gasteiger partial charge in [0.2, 0.25) is 0 Å². The summed E-state index contributed by atoms with van der Waals surface area (Å²) in [6, 6.07) is 13.9. The van der Waals surface area contributed by atoms with E-state index in [1.165, 1.54) is 0 Å². The van der Waals surface area contributed by atoms with E-state index in [4.69, 9.17) is 123 Å². The first-order valence-corrected chi connectivity index (χ1v) is 20.7. The third kappa shape index (κ3) is 4.42. The standard InChI is InChI=1S/C32H8Cl8N8.Pb/c33-13-1-2-14(34)22-21(13)29-43-25-9-5-17(37)18(38)6-10(9)27(41-25)45-31-23-15(35)3-4-16(36)24(23)32(48-31)46-28-12-8-20(40)19(39)7-11(12)26(42-28)44-30(22)47-29;/h1-8H;/q-2;+2. The molecule has 236 valence electrons. The van der Waals surface area contributed by atoms with Gasteiger partial charge in [0.15, 0.2) is 0 Å². The van der Waals surface area contributed by atoms with Crippen molar-refractivity contribution in [2.75, 3.05) is 0 Å². The molecule has 8 nitrogen and oxygen atoms in total. The fraction of sp³-hybridized carbons (Fsp3) is 0. The van der Waals surface area contributed by atoms with Crippen molar-refractivity contribution in [3.05, 3.63) is 122 Å². The molecule has 0 amide bonds. The Morgan fingerprint density at radius 1 is 0.367 bits per heavy atom. The molecule has 2 radical (unpaired) electrons. The third-order valence-electron chi connectivity index (χ3n) is 8.50. The van der Waals surface area contributed by atoms with Crippen LogP contribution in [0.15, 0.2) is 78.5 Å². The monoisotopic (exact) mass is 992 g/mol. The van der Waals surface area contributed by atoms with Crippen molar-refractivity contribution >= 4 is 174 Å². The molecule has 0 aliphatic carbocycles. The molecule has 6 bridgehead atoms. The molecule has 10 rings (SSSR count). The van der Waals surface area contributed by atoms with E-state index < -0.39 is 24.8 Å². The van der Waals surface area contributed by atoms with Gasteiger partial charge >= 0.3 is 331 Å². The van der Waals surface area contributed by atoms with Gasteiger partial charge in [0.25, 0.3) is 0 Å². The van der Waals surface area contributed by atoms with Gasteiger partial charge in [0.1, 0.15) is 0 Å². The second kappa shape index (κ2) is 11.0. The Labute approximate surface area is 327 Å². The molecule has 2 aromatic heterocycles. The molecule has 49 heavy (non-hydrogen) atoms. The van der Waals surface area contributed by atoms with Crippen molar-refractivity contribution in [2.24, 2.45) is 30.0 Å². The number of hydrogen-bond acceptors (Lipinski definition) is 6. The van der Waals surface area contributed by atoms with Crippen molar-refractivity contribution < 1.29 is 0 Å². The first-order chi connectivity index (χ1) is 23.6. The summed E-state index contributed by atoms with van der Waals surface area (Å²) in [5, 5.41) is 5.80. The van der Waals surface area contributed by atoms with Crippen LogP contribution in [0.3, 0.4) is 0 Å². The Morgan fingerprint density at radius 3 is 1.06 bits per heavy atom. The minimum atomic E-state index is -2.48. The summed E-state index contributed by atoms with van der Waals surface area (Å²) in [4.78, 5) is 30.5. The number of halogens is 8. The average Bonchev–Trinajstić information content (AvgIpc) is 3.76. The number of rotatable bonds is 0. The van der Waals surface area contributed by atoms with Crippen molar-refractivity contribution in [2.45, 2.75) is 0 Å². The Kier molecular flexibility index (Phi) is 7.01. The van der Waals surface area contributed by atoms with Gasteiger partial charge in [-0.15, -0.1) is 0 Å². The van der Waals surface area contributed by atoms with E-state index in [1.807, 2.05) is 0 Å². The number of amidine groups is 4. The number of aliphatic imine (C=N–C) groups is 4. The normalized spacial score (nSPS) is 15.3. The van der Waals surface area contributed by atoms with Crippen LogP contribution in [-0.4, -0.2) is 52.9 Å². The zero-order chi connectivity index (χ0) is 33.6. The van der Waals surface area contributed by atoms with E-state index in [0.29, 0.717) is 130 Å². The molecule has 0 saturated carbocycles. The van der Waals surface area contributed by atoms with E-state index in [0.717, 1.165) is 0 Å². The minimum absolute atomic E-state index is 0.333. The van der Waals surface area contributed by atoms with Gasteiger partial charge in [-0.05, 0) is 0 Å². The van der Waals surface area contributed by atoms with Gasteiger partial charge in [-0.2, -0.15) is 0 Å².